The van der Waals surface area contributed by atoms with E-state index in [0.29, 0.717) is 10.8 Å². The Morgan fingerprint density at radius 3 is 2.77 bits per heavy atom. The van der Waals surface area contributed by atoms with Crippen molar-refractivity contribution < 1.29 is 9.59 Å². The van der Waals surface area contributed by atoms with Crippen molar-refractivity contribution >= 4 is 34.1 Å². The van der Waals surface area contributed by atoms with Crippen molar-refractivity contribution in [2.75, 3.05) is 10.6 Å². The fourth-order valence-electron chi connectivity index (χ4n) is 3.10. The number of thiazole rings is 1. The Kier molecular flexibility index (Phi) is 6.22. The quantitative estimate of drug-likeness (QED) is 0.739. The highest BCUT2D eigenvalue weighted by Gasteiger charge is 2.16. The minimum atomic E-state index is -0.220. The van der Waals surface area contributed by atoms with E-state index in [1.165, 1.54) is 30.6 Å². The highest BCUT2D eigenvalue weighted by molar-refractivity contribution is 7.13. The molecule has 0 spiro atoms. The first kappa shape index (κ1) is 18.4. The lowest BCUT2D eigenvalue weighted by Gasteiger charge is -2.22. The number of aryl methyl sites for hydroxylation is 1. The summed E-state index contributed by atoms with van der Waals surface area (Å²) in [5, 5.41) is 10.9. The molecule has 2 aromatic rings. The van der Waals surface area contributed by atoms with Crippen LogP contribution >= 0.6 is 11.3 Å². The third kappa shape index (κ3) is 5.56. The molecule has 1 heterocycles. The SMILES string of the molecule is Cc1cccc(NC(=O)Cc2csc(NC(=O)NC3CCCCC3)n2)c1. The second-order valence-corrected chi connectivity index (χ2v) is 7.53. The van der Waals surface area contributed by atoms with Crippen molar-refractivity contribution in [3.8, 4) is 0 Å². The number of aromatic nitrogens is 1. The highest BCUT2D eigenvalue weighted by atomic mass is 32.1. The number of amides is 3. The van der Waals surface area contributed by atoms with Crippen LogP contribution in [0.1, 0.15) is 43.4 Å². The largest absolute Gasteiger partial charge is 0.335 e. The van der Waals surface area contributed by atoms with Gasteiger partial charge in [0.25, 0.3) is 0 Å². The van der Waals surface area contributed by atoms with Gasteiger partial charge in [-0.05, 0) is 37.5 Å². The molecule has 0 aliphatic heterocycles. The predicted molar refractivity (Wildman–Crippen MR) is 105 cm³/mol. The number of urea groups is 1. The van der Waals surface area contributed by atoms with Crippen LogP contribution in [-0.2, 0) is 11.2 Å². The molecule has 0 radical (unpaired) electrons. The zero-order chi connectivity index (χ0) is 18.4. The van der Waals surface area contributed by atoms with Crippen LogP contribution in [0.2, 0.25) is 0 Å². The molecule has 1 saturated carbocycles. The molecule has 3 amide bonds. The normalized spacial score (nSPS) is 14.7. The highest BCUT2D eigenvalue weighted by Crippen LogP contribution is 2.19. The molecule has 0 unspecified atom stereocenters. The van der Waals surface area contributed by atoms with Crippen LogP contribution in [0.15, 0.2) is 29.6 Å². The van der Waals surface area contributed by atoms with Crippen LogP contribution in [0.25, 0.3) is 0 Å². The molecule has 6 nitrogen and oxygen atoms in total. The molecule has 0 atom stereocenters. The summed E-state index contributed by atoms with van der Waals surface area (Å²) in [6.07, 6.45) is 5.84. The molecule has 1 aliphatic carbocycles. The predicted octanol–water partition coefficient (Wildman–Crippen LogP) is 4.09. The minimum Gasteiger partial charge on any atom is -0.335 e. The van der Waals surface area contributed by atoms with Gasteiger partial charge in [0, 0.05) is 17.1 Å². The number of carbonyl (C=O) groups is 2. The summed E-state index contributed by atoms with van der Waals surface area (Å²) in [7, 11) is 0. The second kappa shape index (κ2) is 8.80. The van der Waals surface area contributed by atoms with E-state index in [2.05, 4.69) is 20.9 Å². The maximum atomic E-state index is 12.1. The zero-order valence-corrected chi connectivity index (χ0v) is 15.7. The Bertz CT molecular complexity index is 768. The molecule has 138 valence electrons. The van der Waals surface area contributed by atoms with E-state index < -0.39 is 0 Å². The van der Waals surface area contributed by atoms with Crippen molar-refractivity contribution in [1.82, 2.24) is 10.3 Å². The molecular weight excluding hydrogens is 348 g/mol. The van der Waals surface area contributed by atoms with Crippen molar-refractivity contribution in [2.45, 2.75) is 51.5 Å². The van der Waals surface area contributed by atoms with Gasteiger partial charge in [0.2, 0.25) is 5.91 Å². The van der Waals surface area contributed by atoms with Crippen LogP contribution in [0.3, 0.4) is 0 Å². The lowest BCUT2D eigenvalue weighted by molar-refractivity contribution is -0.115. The summed E-state index contributed by atoms with van der Waals surface area (Å²) in [5.41, 5.74) is 2.51. The van der Waals surface area contributed by atoms with Crippen molar-refractivity contribution in [3.63, 3.8) is 0 Å². The lowest BCUT2D eigenvalue weighted by Crippen LogP contribution is -2.39. The molecule has 0 saturated heterocycles. The first-order valence-electron chi connectivity index (χ1n) is 8.97. The Labute approximate surface area is 157 Å². The van der Waals surface area contributed by atoms with E-state index in [1.54, 1.807) is 5.38 Å². The zero-order valence-electron chi connectivity index (χ0n) is 14.9. The fourth-order valence-corrected chi connectivity index (χ4v) is 3.81. The smallest absolute Gasteiger partial charge is 0.321 e. The van der Waals surface area contributed by atoms with E-state index in [0.717, 1.165) is 24.1 Å². The number of benzene rings is 1. The van der Waals surface area contributed by atoms with Crippen LogP contribution < -0.4 is 16.0 Å². The average molecular weight is 372 g/mol. The van der Waals surface area contributed by atoms with Crippen LogP contribution in [0, 0.1) is 6.92 Å². The fraction of sp³-hybridized carbons (Fsp3) is 0.421. The van der Waals surface area contributed by atoms with Gasteiger partial charge in [0.1, 0.15) is 0 Å². The van der Waals surface area contributed by atoms with Crippen molar-refractivity contribution in [1.29, 1.82) is 0 Å². The molecule has 3 N–H and O–H groups in total. The molecule has 7 heteroatoms. The van der Waals surface area contributed by atoms with E-state index >= 15 is 0 Å². The van der Waals surface area contributed by atoms with Crippen LogP contribution in [0.5, 0.6) is 0 Å². The Morgan fingerprint density at radius 1 is 1.19 bits per heavy atom. The molecule has 0 bridgehead atoms. The van der Waals surface area contributed by atoms with E-state index in [-0.39, 0.29) is 24.4 Å². The number of nitrogens with one attached hydrogen (secondary N) is 3. The summed E-state index contributed by atoms with van der Waals surface area (Å²) in [5.74, 6) is -0.126. The maximum Gasteiger partial charge on any atom is 0.321 e. The lowest BCUT2D eigenvalue weighted by atomic mass is 9.96. The van der Waals surface area contributed by atoms with Gasteiger partial charge < -0.3 is 10.6 Å². The molecule has 26 heavy (non-hydrogen) atoms. The van der Waals surface area contributed by atoms with Gasteiger partial charge >= 0.3 is 6.03 Å². The van der Waals surface area contributed by atoms with Gasteiger partial charge in [-0.25, -0.2) is 9.78 Å². The second-order valence-electron chi connectivity index (χ2n) is 6.67. The molecule has 3 rings (SSSR count). The standard InChI is InChI=1S/C19H24N4O2S/c1-13-6-5-9-15(10-13)20-17(24)11-16-12-26-19(22-16)23-18(25)21-14-7-3-2-4-8-14/h5-6,9-10,12,14H,2-4,7-8,11H2,1H3,(H,20,24)(H2,21,22,23,25). The molecule has 1 aromatic carbocycles. The molecule has 1 aromatic heterocycles. The Balaban J connectivity index is 1.47. The summed E-state index contributed by atoms with van der Waals surface area (Å²) in [4.78, 5) is 28.5. The van der Waals surface area contributed by atoms with Crippen molar-refractivity contribution in [3.05, 3.63) is 40.9 Å². The van der Waals surface area contributed by atoms with Gasteiger partial charge in [0.05, 0.1) is 12.1 Å². The van der Waals surface area contributed by atoms with Gasteiger partial charge in [-0.15, -0.1) is 11.3 Å². The van der Waals surface area contributed by atoms with Gasteiger partial charge in [0.15, 0.2) is 5.13 Å². The Morgan fingerprint density at radius 2 is 2.00 bits per heavy atom. The average Bonchev–Trinajstić information content (AvgIpc) is 3.02. The molecule has 1 fully saturated rings. The number of hydrogen-bond donors (Lipinski definition) is 3. The topological polar surface area (TPSA) is 83.1 Å². The first-order chi connectivity index (χ1) is 12.6. The number of carbonyl (C=O) groups excluding carboxylic acids is 2. The van der Waals surface area contributed by atoms with Crippen LogP contribution in [0.4, 0.5) is 15.6 Å². The van der Waals surface area contributed by atoms with E-state index in [9.17, 15) is 9.59 Å². The number of nitrogens with zero attached hydrogens (tertiary/aromatic N) is 1. The molecular formula is C19H24N4O2S. The summed E-state index contributed by atoms with van der Waals surface area (Å²) in [6, 6.07) is 7.69. The number of anilines is 2. The van der Waals surface area contributed by atoms with E-state index in [4.69, 9.17) is 0 Å². The summed E-state index contributed by atoms with van der Waals surface area (Å²) >= 11 is 1.33. The first-order valence-corrected chi connectivity index (χ1v) is 9.85. The third-order valence-electron chi connectivity index (χ3n) is 4.36. The van der Waals surface area contributed by atoms with Gasteiger partial charge in [-0.3, -0.25) is 10.1 Å². The van der Waals surface area contributed by atoms with Gasteiger partial charge in [-0.2, -0.15) is 0 Å². The summed E-state index contributed by atoms with van der Waals surface area (Å²) < 4.78 is 0. The minimum absolute atomic E-state index is 0.126. The van der Waals surface area contributed by atoms with Gasteiger partial charge in [-0.1, -0.05) is 31.4 Å². The Hall–Kier alpha value is -2.41. The number of hydrogen-bond acceptors (Lipinski definition) is 4. The van der Waals surface area contributed by atoms with E-state index in [1.807, 2.05) is 31.2 Å². The maximum absolute atomic E-state index is 12.1. The summed E-state index contributed by atoms with van der Waals surface area (Å²) in [6.45, 7) is 1.98. The van der Waals surface area contributed by atoms with Crippen molar-refractivity contribution in [2.24, 2.45) is 0 Å². The number of rotatable bonds is 5. The monoisotopic (exact) mass is 372 g/mol. The van der Waals surface area contributed by atoms with Crippen LogP contribution in [-0.4, -0.2) is 23.0 Å². The molecule has 1 aliphatic rings. The third-order valence-corrected chi connectivity index (χ3v) is 5.16.